The molecule has 0 atom stereocenters. The lowest BCUT2D eigenvalue weighted by atomic mass is 10.1. The van der Waals surface area contributed by atoms with Gasteiger partial charge in [0.05, 0.1) is 6.61 Å². The van der Waals surface area contributed by atoms with E-state index in [-0.39, 0.29) is 6.61 Å². The van der Waals surface area contributed by atoms with Gasteiger partial charge in [0.15, 0.2) is 0 Å². The summed E-state index contributed by atoms with van der Waals surface area (Å²) in [6, 6.07) is 3.97. The van der Waals surface area contributed by atoms with E-state index < -0.39 is 0 Å². The van der Waals surface area contributed by atoms with Crippen molar-refractivity contribution in [2.45, 2.75) is 6.61 Å². The molecule has 4 heteroatoms. The number of halogens is 2. The Bertz CT molecular complexity index is 450. The van der Waals surface area contributed by atoms with Crippen molar-refractivity contribution in [1.29, 1.82) is 0 Å². The number of hydrogen-bond donors (Lipinski definition) is 1. The molecule has 0 bridgehead atoms. The third kappa shape index (κ3) is 1.56. The Morgan fingerprint density at radius 3 is 2.85 bits per heavy atom. The number of thiophene rings is 1. The number of benzene rings is 1. The molecule has 2 aromatic rings. The molecule has 0 fully saturated rings. The van der Waals surface area contributed by atoms with Crippen LogP contribution in [-0.4, -0.2) is 5.11 Å². The number of fused-ring (bicyclic) bond motifs is 1. The lowest BCUT2D eigenvalue weighted by Gasteiger charge is -2.03. The van der Waals surface area contributed by atoms with Gasteiger partial charge in [0.1, 0.15) is 0 Å². The first-order valence-electron chi connectivity index (χ1n) is 3.69. The summed E-state index contributed by atoms with van der Waals surface area (Å²) in [7, 11) is 0. The lowest BCUT2D eigenvalue weighted by molar-refractivity contribution is 0.283. The fraction of sp³-hybridized carbons (Fsp3) is 0.111. The van der Waals surface area contributed by atoms with Gasteiger partial charge < -0.3 is 5.11 Å². The van der Waals surface area contributed by atoms with Crippen LogP contribution in [0.4, 0.5) is 0 Å². The van der Waals surface area contributed by atoms with Gasteiger partial charge in [-0.1, -0.05) is 0 Å². The Morgan fingerprint density at radius 2 is 2.15 bits per heavy atom. The zero-order chi connectivity index (χ0) is 9.42. The molecule has 2 rings (SSSR count). The molecule has 0 saturated heterocycles. The summed E-state index contributed by atoms with van der Waals surface area (Å²) in [6.45, 7) is 0.0825. The van der Waals surface area contributed by atoms with Crippen LogP contribution in [0.3, 0.4) is 0 Å². The standard InChI is InChI=1S/C9H6Br2OS/c10-7-3-5(4-12)6-1-2-13-9(6)8(7)11/h1-3,12H,4H2. The number of aliphatic hydroxyl groups is 1. The van der Waals surface area contributed by atoms with Gasteiger partial charge in [-0.3, -0.25) is 0 Å². The van der Waals surface area contributed by atoms with Crippen LogP contribution < -0.4 is 0 Å². The van der Waals surface area contributed by atoms with E-state index in [1.54, 1.807) is 11.3 Å². The zero-order valence-corrected chi connectivity index (χ0v) is 10.5. The predicted octanol–water partition coefficient (Wildman–Crippen LogP) is 3.92. The van der Waals surface area contributed by atoms with Crippen molar-refractivity contribution in [3.8, 4) is 0 Å². The van der Waals surface area contributed by atoms with Crippen molar-refractivity contribution in [2.24, 2.45) is 0 Å². The van der Waals surface area contributed by atoms with Crippen molar-refractivity contribution in [2.75, 3.05) is 0 Å². The average molecular weight is 322 g/mol. The predicted molar refractivity (Wildman–Crippen MR) is 63.1 cm³/mol. The van der Waals surface area contributed by atoms with Crippen LogP contribution in [-0.2, 0) is 6.61 Å². The zero-order valence-electron chi connectivity index (χ0n) is 6.55. The molecule has 1 N–H and O–H groups in total. The highest BCUT2D eigenvalue weighted by atomic mass is 79.9. The smallest absolute Gasteiger partial charge is 0.0688 e. The van der Waals surface area contributed by atoms with Gasteiger partial charge in [-0.2, -0.15) is 0 Å². The fourth-order valence-corrected chi connectivity index (χ4v) is 3.36. The van der Waals surface area contributed by atoms with Crippen molar-refractivity contribution in [3.05, 3.63) is 32.0 Å². The molecule has 0 unspecified atom stereocenters. The molecule has 1 aromatic heterocycles. The largest absolute Gasteiger partial charge is 0.392 e. The van der Waals surface area contributed by atoms with Crippen molar-refractivity contribution in [3.63, 3.8) is 0 Å². The molecular weight excluding hydrogens is 316 g/mol. The van der Waals surface area contributed by atoms with Crippen LogP contribution in [0.2, 0.25) is 0 Å². The third-order valence-electron chi connectivity index (χ3n) is 1.89. The number of hydrogen-bond acceptors (Lipinski definition) is 2. The lowest BCUT2D eigenvalue weighted by Crippen LogP contribution is -1.84. The molecule has 0 aliphatic rings. The molecule has 1 nitrogen and oxygen atoms in total. The van der Waals surface area contributed by atoms with Crippen LogP contribution >= 0.6 is 43.2 Å². The van der Waals surface area contributed by atoms with Crippen LogP contribution in [0.5, 0.6) is 0 Å². The summed E-state index contributed by atoms with van der Waals surface area (Å²) in [4.78, 5) is 0. The van der Waals surface area contributed by atoms with Gasteiger partial charge in [0.25, 0.3) is 0 Å². The van der Waals surface area contributed by atoms with Gasteiger partial charge >= 0.3 is 0 Å². The molecule has 0 amide bonds. The van der Waals surface area contributed by atoms with Gasteiger partial charge in [-0.05, 0) is 60.3 Å². The minimum absolute atomic E-state index is 0.0825. The summed E-state index contributed by atoms with van der Waals surface area (Å²) in [6.07, 6.45) is 0. The summed E-state index contributed by atoms with van der Waals surface area (Å²) in [5, 5.41) is 12.3. The Kier molecular flexibility index (Phi) is 2.74. The van der Waals surface area contributed by atoms with Gasteiger partial charge in [-0.15, -0.1) is 11.3 Å². The molecule has 68 valence electrons. The van der Waals surface area contributed by atoms with Crippen LogP contribution in [0.15, 0.2) is 26.5 Å². The summed E-state index contributed by atoms with van der Waals surface area (Å²) < 4.78 is 3.24. The third-order valence-corrected chi connectivity index (χ3v) is 5.07. The van der Waals surface area contributed by atoms with Crippen LogP contribution in [0, 0.1) is 0 Å². The first-order valence-corrected chi connectivity index (χ1v) is 6.15. The van der Waals surface area contributed by atoms with Gasteiger partial charge in [0, 0.05) is 13.6 Å². The summed E-state index contributed by atoms with van der Waals surface area (Å²) >= 11 is 8.62. The number of aliphatic hydroxyl groups excluding tert-OH is 1. The molecule has 1 aromatic carbocycles. The maximum Gasteiger partial charge on any atom is 0.0688 e. The van der Waals surface area contributed by atoms with Crippen LogP contribution in [0.25, 0.3) is 10.1 Å². The second-order valence-corrected chi connectivity index (χ2v) is 5.22. The van der Waals surface area contributed by atoms with E-state index in [4.69, 9.17) is 5.11 Å². The Morgan fingerprint density at radius 1 is 1.38 bits per heavy atom. The van der Waals surface area contributed by atoms with Crippen LogP contribution in [0.1, 0.15) is 5.56 Å². The topological polar surface area (TPSA) is 20.2 Å². The molecular formula is C9H6Br2OS. The summed E-state index contributed by atoms with van der Waals surface area (Å²) in [5.74, 6) is 0. The molecule has 13 heavy (non-hydrogen) atoms. The van der Waals surface area contributed by atoms with E-state index in [2.05, 4.69) is 31.9 Å². The normalized spacial score (nSPS) is 11.0. The Hall–Kier alpha value is 0.1000. The van der Waals surface area contributed by atoms with E-state index in [9.17, 15) is 0 Å². The summed E-state index contributed by atoms with van der Waals surface area (Å²) in [5.41, 5.74) is 0.964. The molecule has 0 saturated carbocycles. The van der Waals surface area contributed by atoms with Crippen molar-refractivity contribution >= 4 is 53.3 Å². The Labute approximate surface area is 96.6 Å². The van der Waals surface area contributed by atoms with Gasteiger partial charge in [0.2, 0.25) is 0 Å². The molecule has 0 aliphatic carbocycles. The second-order valence-electron chi connectivity index (χ2n) is 2.65. The fourth-order valence-electron chi connectivity index (χ4n) is 1.27. The molecule has 0 spiro atoms. The first kappa shape index (κ1) is 9.65. The Balaban J connectivity index is 2.87. The molecule has 0 radical (unpaired) electrons. The monoisotopic (exact) mass is 320 g/mol. The minimum Gasteiger partial charge on any atom is -0.392 e. The number of rotatable bonds is 1. The van der Waals surface area contributed by atoms with E-state index in [0.29, 0.717) is 0 Å². The highest BCUT2D eigenvalue weighted by Gasteiger charge is 2.08. The maximum absolute atomic E-state index is 9.14. The van der Waals surface area contributed by atoms with Crippen molar-refractivity contribution in [1.82, 2.24) is 0 Å². The molecule has 1 heterocycles. The SMILES string of the molecule is OCc1cc(Br)c(Br)c2sccc12. The van der Waals surface area contributed by atoms with Gasteiger partial charge in [-0.25, -0.2) is 0 Å². The first-order chi connectivity index (χ1) is 6.24. The average Bonchev–Trinajstić information content (AvgIpc) is 2.60. The van der Waals surface area contributed by atoms with Crippen molar-refractivity contribution < 1.29 is 5.11 Å². The second kappa shape index (κ2) is 3.69. The molecule has 0 aliphatic heterocycles. The van der Waals surface area contributed by atoms with E-state index >= 15 is 0 Å². The van der Waals surface area contributed by atoms with E-state index in [0.717, 1.165) is 19.9 Å². The van der Waals surface area contributed by atoms with E-state index in [1.807, 2.05) is 17.5 Å². The highest BCUT2D eigenvalue weighted by molar-refractivity contribution is 9.13. The van der Waals surface area contributed by atoms with E-state index in [1.165, 1.54) is 4.70 Å². The minimum atomic E-state index is 0.0825. The highest BCUT2D eigenvalue weighted by Crippen LogP contribution is 2.37. The maximum atomic E-state index is 9.14. The quantitative estimate of drug-likeness (QED) is 0.844.